The average Bonchev–Trinajstić information content (AvgIpc) is 3.46. The van der Waals surface area contributed by atoms with Crippen LogP contribution in [0.2, 0.25) is 0 Å². The maximum Gasteiger partial charge on any atom is 0.502 e. The lowest BCUT2D eigenvalue weighted by Gasteiger charge is -2.23. The minimum Gasteiger partial charge on any atom is -0.467 e. The number of hydrogen-bond acceptors (Lipinski definition) is 15. The summed E-state index contributed by atoms with van der Waals surface area (Å²) in [6.07, 6.45) is -0.264. The molecule has 2 amide bonds. The molecule has 49 heavy (non-hydrogen) atoms. The first-order chi connectivity index (χ1) is 23.5. The lowest BCUT2D eigenvalue weighted by Crippen LogP contribution is -2.44. The van der Waals surface area contributed by atoms with Crippen molar-refractivity contribution in [2.75, 3.05) is 38.9 Å². The second kappa shape index (κ2) is 19.3. The van der Waals surface area contributed by atoms with E-state index in [1.165, 1.54) is 24.4 Å². The van der Waals surface area contributed by atoms with Gasteiger partial charge in [-0.1, -0.05) is 49.1 Å². The number of benzene rings is 1. The van der Waals surface area contributed by atoms with Crippen molar-refractivity contribution in [1.29, 1.82) is 0 Å². The van der Waals surface area contributed by atoms with Gasteiger partial charge in [0.1, 0.15) is 37.5 Å². The number of nitrogens with one attached hydrogen (secondary N) is 2. The molecule has 0 saturated carbocycles. The summed E-state index contributed by atoms with van der Waals surface area (Å²) >= 11 is 0. The Labute approximate surface area is 280 Å². The van der Waals surface area contributed by atoms with E-state index in [4.69, 9.17) is 32.8 Å². The summed E-state index contributed by atoms with van der Waals surface area (Å²) in [6, 6.07) is 8.86. The van der Waals surface area contributed by atoms with E-state index >= 15 is 0 Å². The van der Waals surface area contributed by atoms with Crippen LogP contribution in [0.15, 0.2) is 72.7 Å². The Balaban J connectivity index is 1.71. The summed E-state index contributed by atoms with van der Waals surface area (Å²) in [5.41, 5.74) is -0.0113. The van der Waals surface area contributed by atoms with Crippen LogP contribution in [0.25, 0.3) is 0 Å². The van der Waals surface area contributed by atoms with E-state index in [1.54, 1.807) is 24.3 Å². The van der Waals surface area contributed by atoms with Gasteiger partial charge in [-0.3, -0.25) is 23.2 Å². The first-order valence-corrected chi connectivity index (χ1v) is 16.1. The second-order valence-corrected chi connectivity index (χ2v) is 11.6. The van der Waals surface area contributed by atoms with E-state index < -0.39 is 69.2 Å². The molecule has 0 spiro atoms. The number of methoxy groups -OCH3 is 1. The maximum atomic E-state index is 13.5. The predicted octanol–water partition coefficient (Wildman–Crippen LogP) is 2.37. The minimum absolute atomic E-state index is 0.0140. The summed E-state index contributed by atoms with van der Waals surface area (Å²) in [6.45, 7) is 6.21. The number of aromatic nitrogens is 2. The van der Waals surface area contributed by atoms with Gasteiger partial charge in [-0.15, -0.1) is 11.3 Å². The lowest BCUT2D eigenvalue weighted by molar-refractivity contribution is -0.219. The lowest BCUT2D eigenvalue weighted by atomic mass is 10.1. The Morgan fingerprint density at radius 2 is 1.86 bits per heavy atom. The van der Waals surface area contributed by atoms with Crippen LogP contribution in [0.3, 0.4) is 0 Å². The van der Waals surface area contributed by atoms with Crippen molar-refractivity contribution in [3.63, 3.8) is 0 Å². The number of amides is 2. The smallest absolute Gasteiger partial charge is 0.467 e. The van der Waals surface area contributed by atoms with Gasteiger partial charge in [-0.05, 0) is 11.6 Å². The fourth-order valence-corrected chi connectivity index (χ4v) is 5.22. The van der Waals surface area contributed by atoms with Gasteiger partial charge in [0.2, 0.25) is 5.91 Å². The molecule has 2 N–H and O–H groups in total. The fourth-order valence-electron chi connectivity index (χ4n) is 4.21. The van der Waals surface area contributed by atoms with E-state index in [0.29, 0.717) is 0 Å². The van der Waals surface area contributed by atoms with Crippen LogP contribution in [0.1, 0.15) is 25.1 Å². The number of carbonyl (C=O) groups is 4. The van der Waals surface area contributed by atoms with Crippen molar-refractivity contribution < 1.29 is 61.3 Å². The molecule has 1 saturated heterocycles. The maximum absolute atomic E-state index is 13.5. The van der Waals surface area contributed by atoms with E-state index in [2.05, 4.69) is 33.5 Å². The molecule has 19 heteroatoms. The topological polar surface area (TPSA) is 218 Å². The molecule has 266 valence electrons. The largest absolute Gasteiger partial charge is 0.502 e. The van der Waals surface area contributed by atoms with Crippen LogP contribution < -0.4 is 16.3 Å². The van der Waals surface area contributed by atoms with E-state index in [-0.39, 0.29) is 37.8 Å². The number of hydrogen-bond donors (Lipinski definition) is 2. The molecule has 5 atom stereocenters. The van der Waals surface area contributed by atoms with Gasteiger partial charge in [0.25, 0.3) is 0 Å². The Kier molecular flexibility index (Phi) is 15.3. The van der Waals surface area contributed by atoms with Gasteiger partial charge >= 0.3 is 31.5 Å². The van der Waals surface area contributed by atoms with Crippen LogP contribution in [0.4, 0.5) is 10.6 Å². The van der Waals surface area contributed by atoms with Crippen LogP contribution >= 0.6 is 7.82 Å². The highest BCUT2D eigenvalue weighted by Crippen LogP contribution is 2.50. The third-order valence-electron chi connectivity index (χ3n) is 6.35. The predicted molar refractivity (Wildman–Crippen MR) is 169 cm³/mol. The SMILES string of the molecule is C=CCOOP(=O)(OC[C@H](NC(=O)OCC=C)C(=O)OC)OC[C@H]1O[C@@H](n2ccc(NC(=O)Cc3ccccc3)nc2=O)C[C@@H]1OC(C)=O. The molecular weight excluding hydrogens is 671 g/mol. The van der Waals surface area contributed by atoms with Gasteiger partial charge in [0, 0.05) is 19.5 Å². The van der Waals surface area contributed by atoms with Crippen LogP contribution in [0, 0.1) is 0 Å². The zero-order valence-electron chi connectivity index (χ0n) is 26.7. The summed E-state index contributed by atoms with van der Waals surface area (Å²) in [7, 11) is -3.66. The van der Waals surface area contributed by atoms with E-state index in [0.717, 1.165) is 24.2 Å². The summed E-state index contributed by atoms with van der Waals surface area (Å²) in [5.74, 6) is -2.03. The van der Waals surface area contributed by atoms with Gasteiger partial charge in [-0.25, -0.2) is 23.8 Å². The molecule has 2 aromatic rings. The Morgan fingerprint density at radius 3 is 2.51 bits per heavy atom. The number of phosphoric acid groups is 1. The number of anilines is 1. The van der Waals surface area contributed by atoms with Crippen LogP contribution in [-0.2, 0) is 62.9 Å². The van der Waals surface area contributed by atoms with Crippen molar-refractivity contribution in [3.05, 3.63) is 84.0 Å². The van der Waals surface area contributed by atoms with Crippen molar-refractivity contribution in [1.82, 2.24) is 14.9 Å². The molecule has 2 heterocycles. The van der Waals surface area contributed by atoms with E-state index in [1.807, 2.05) is 6.07 Å². The van der Waals surface area contributed by atoms with Crippen molar-refractivity contribution in [2.45, 2.75) is 44.2 Å². The van der Waals surface area contributed by atoms with Crippen molar-refractivity contribution >= 4 is 37.6 Å². The molecule has 1 fully saturated rings. The average molecular weight is 709 g/mol. The first-order valence-electron chi connectivity index (χ1n) is 14.7. The molecule has 1 unspecified atom stereocenters. The van der Waals surface area contributed by atoms with Crippen molar-refractivity contribution in [3.8, 4) is 0 Å². The molecular formula is C30H37N4O14P. The number of alkyl carbamates (subject to hydrolysis) is 1. The molecule has 0 radical (unpaired) electrons. The van der Waals surface area contributed by atoms with E-state index in [9.17, 15) is 28.5 Å². The molecule has 1 aliphatic rings. The number of esters is 2. The summed E-state index contributed by atoms with van der Waals surface area (Å²) in [5, 5.41) is 4.75. The van der Waals surface area contributed by atoms with Crippen molar-refractivity contribution in [2.24, 2.45) is 0 Å². The Hall–Kier alpha value is -4.71. The second-order valence-electron chi connectivity index (χ2n) is 10.0. The molecule has 3 rings (SSSR count). The molecule has 1 aromatic heterocycles. The molecule has 0 aliphatic carbocycles. The number of nitrogens with zero attached hydrogens (tertiary/aromatic N) is 2. The third kappa shape index (κ3) is 12.7. The zero-order chi connectivity index (χ0) is 35.8. The van der Waals surface area contributed by atoms with Gasteiger partial charge in [-0.2, -0.15) is 4.98 Å². The standard InChI is InChI=1S/C30H37N4O14P/c1-5-14-42-30(39)31-22(28(37)41-4)18-44-49(40,48-43-15-6-2)45-19-24-23(46-20(3)35)17-27(47-24)34-13-12-25(33-29(34)38)32-26(36)16-21-10-8-7-9-11-21/h5-13,22-24,27H,1-2,14-19H2,3-4H3,(H,31,39)(H,32,33,36,38)/t22-,23-,24+,27+,49?/m0/s1. The highest BCUT2D eigenvalue weighted by Gasteiger charge is 2.42. The zero-order valence-corrected chi connectivity index (χ0v) is 27.6. The molecule has 1 aromatic carbocycles. The quantitative estimate of drug-likeness (QED) is 0.0407. The highest BCUT2D eigenvalue weighted by molar-refractivity contribution is 7.48. The number of ether oxygens (including phenoxy) is 4. The Morgan fingerprint density at radius 1 is 1.12 bits per heavy atom. The van der Waals surface area contributed by atoms with Crippen LogP contribution in [-0.4, -0.2) is 85.3 Å². The molecule has 1 aliphatic heterocycles. The highest BCUT2D eigenvalue weighted by atomic mass is 31.2. The normalized spacial score (nSPS) is 18.7. The number of rotatable bonds is 19. The number of phosphoric ester groups is 1. The van der Waals surface area contributed by atoms with Gasteiger partial charge < -0.3 is 29.6 Å². The molecule has 0 bridgehead atoms. The number of carbonyl (C=O) groups excluding carboxylic acids is 4. The summed E-state index contributed by atoms with van der Waals surface area (Å²) in [4.78, 5) is 70.1. The monoisotopic (exact) mass is 708 g/mol. The minimum atomic E-state index is -4.71. The first kappa shape index (κ1) is 38.7. The van der Waals surface area contributed by atoms with Crippen LogP contribution in [0.5, 0.6) is 0 Å². The fraction of sp³-hybridized carbons (Fsp3) is 0.400. The molecule has 18 nitrogen and oxygen atoms in total. The van der Waals surface area contributed by atoms with Gasteiger partial charge in [0.15, 0.2) is 6.04 Å². The Bertz CT molecular complexity index is 1570. The van der Waals surface area contributed by atoms with Gasteiger partial charge in [0.05, 0.1) is 26.7 Å². The summed E-state index contributed by atoms with van der Waals surface area (Å²) < 4.78 is 50.8. The third-order valence-corrected chi connectivity index (χ3v) is 7.57.